The standard InChI is InChI=1S/C10H12N4O3S/c1-17-10-3-2-7(11)4-9(10)14-18(15,16)8-5-12-13-6-8/h2-6,14H,11H2,1H3,(H,12,13). The Morgan fingerprint density at radius 3 is 2.83 bits per heavy atom. The lowest BCUT2D eigenvalue weighted by molar-refractivity contribution is 0.417. The summed E-state index contributed by atoms with van der Waals surface area (Å²) in [6.45, 7) is 0. The van der Waals surface area contributed by atoms with Gasteiger partial charge in [0.25, 0.3) is 10.0 Å². The number of nitrogens with zero attached hydrogens (tertiary/aromatic N) is 1. The van der Waals surface area contributed by atoms with E-state index < -0.39 is 10.0 Å². The van der Waals surface area contributed by atoms with Crippen molar-refractivity contribution in [1.29, 1.82) is 0 Å². The highest BCUT2D eigenvalue weighted by Crippen LogP contribution is 2.28. The molecular weight excluding hydrogens is 256 g/mol. The van der Waals surface area contributed by atoms with Crippen LogP contribution in [0.3, 0.4) is 0 Å². The number of benzene rings is 1. The van der Waals surface area contributed by atoms with Crippen LogP contribution in [0.5, 0.6) is 5.75 Å². The summed E-state index contributed by atoms with van der Waals surface area (Å²) in [4.78, 5) is 0.0342. The summed E-state index contributed by atoms with van der Waals surface area (Å²) in [5.41, 5.74) is 6.32. The van der Waals surface area contributed by atoms with E-state index in [9.17, 15) is 8.42 Å². The summed E-state index contributed by atoms with van der Waals surface area (Å²) in [5, 5.41) is 6.03. The fraction of sp³-hybridized carbons (Fsp3) is 0.100. The average Bonchev–Trinajstić information content (AvgIpc) is 2.83. The molecule has 18 heavy (non-hydrogen) atoms. The number of hydrogen-bond acceptors (Lipinski definition) is 5. The van der Waals surface area contributed by atoms with Gasteiger partial charge in [0.15, 0.2) is 0 Å². The maximum Gasteiger partial charge on any atom is 0.265 e. The van der Waals surface area contributed by atoms with Crippen LogP contribution in [0.2, 0.25) is 0 Å². The van der Waals surface area contributed by atoms with E-state index >= 15 is 0 Å². The molecular formula is C10H12N4O3S. The molecule has 1 heterocycles. The van der Waals surface area contributed by atoms with Crippen LogP contribution in [0.25, 0.3) is 0 Å². The Kier molecular flexibility index (Phi) is 3.11. The molecule has 0 saturated carbocycles. The highest BCUT2D eigenvalue weighted by molar-refractivity contribution is 7.92. The van der Waals surface area contributed by atoms with Crippen molar-refractivity contribution in [1.82, 2.24) is 10.2 Å². The van der Waals surface area contributed by atoms with E-state index in [1.54, 1.807) is 12.1 Å². The molecule has 2 rings (SSSR count). The Hall–Kier alpha value is -2.22. The summed E-state index contributed by atoms with van der Waals surface area (Å²) in [5.74, 6) is 0.385. The normalized spacial score (nSPS) is 11.2. The number of hydrogen-bond donors (Lipinski definition) is 3. The number of aromatic nitrogens is 2. The molecule has 0 bridgehead atoms. The van der Waals surface area contributed by atoms with Crippen molar-refractivity contribution in [3.63, 3.8) is 0 Å². The lowest BCUT2D eigenvalue weighted by Gasteiger charge is -2.11. The van der Waals surface area contributed by atoms with E-state index in [1.165, 1.54) is 25.6 Å². The first-order valence-corrected chi connectivity index (χ1v) is 6.46. The van der Waals surface area contributed by atoms with Gasteiger partial charge in [-0.2, -0.15) is 5.10 Å². The molecule has 1 aromatic heterocycles. The van der Waals surface area contributed by atoms with Gasteiger partial charge in [-0.05, 0) is 18.2 Å². The number of H-pyrrole nitrogens is 1. The van der Waals surface area contributed by atoms with E-state index in [4.69, 9.17) is 10.5 Å². The summed E-state index contributed by atoms with van der Waals surface area (Å²) >= 11 is 0. The summed E-state index contributed by atoms with van der Waals surface area (Å²) in [6, 6.07) is 4.69. The van der Waals surface area contributed by atoms with Crippen LogP contribution < -0.4 is 15.2 Å². The van der Waals surface area contributed by atoms with E-state index in [-0.39, 0.29) is 10.6 Å². The largest absolute Gasteiger partial charge is 0.495 e. The second-order valence-corrected chi connectivity index (χ2v) is 5.18. The zero-order chi connectivity index (χ0) is 13.2. The van der Waals surface area contributed by atoms with Crippen molar-refractivity contribution in [2.24, 2.45) is 0 Å². The molecule has 0 aliphatic rings. The molecule has 0 radical (unpaired) electrons. The van der Waals surface area contributed by atoms with Gasteiger partial charge in [0.05, 0.1) is 19.0 Å². The topological polar surface area (TPSA) is 110 Å². The van der Waals surface area contributed by atoms with Crippen molar-refractivity contribution >= 4 is 21.4 Å². The van der Waals surface area contributed by atoms with Gasteiger partial charge in [0.2, 0.25) is 0 Å². The minimum absolute atomic E-state index is 0.0342. The highest BCUT2D eigenvalue weighted by atomic mass is 32.2. The van der Waals surface area contributed by atoms with Crippen LogP contribution in [0.4, 0.5) is 11.4 Å². The smallest absolute Gasteiger partial charge is 0.265 e. The maximum atomic E-state index is 12.0. The Balaban J connectivity index is 2.37. The minimum Gasteiger partial charge on any atom is -0.495 e. The number of methoxy groups -OCH3 is 1. The number of anilines is 2. The van der Waals surface area contributed by atoms with Crippen LogP contribution in [0, 0.1) is 0 Å². The number of aromatic amines is 1. The first kappa shape index (κ1) is 12.2. The molecule has 0 aliphatic carbocycles. The number of ether oxygens (including phenoxy) is 1. The number of rotatable bonds is 4. The molecule has 0 spiro atoms. The summed E-state index contributed by atoms with van der Waals surface area (Å²) < 4.78 is 31.4. The van der Waals surface area contributed by atoms with Crippen molar-refractivity contribution < 1.29 is 13.2 Å². The van der Waals surface area contributed by atoms with E-state index in [2.05, 4.69) is 14.9 Å². The second-order valence-electron chi connectivity index (χ2n) is 3.50. The third-order valence-corrected chi connectivity index (χ3v) is 3.58. The third-order valence-electron chi connectivity index (χ3n) is 2.25. The first-order valence-electron chi connectivity index (χ1n) is 4.98. The molecule has 0 saturated heterocycles. The van der Waals surface area contributed by atoms with Crippen LogP contribution >= 0.6 is 0 Å². The van der Waals surface area contributed by atoms with Crippen LogP contribution in [0.15, 0.2) is 35.5 Å². The van der Waals surface area contributed by atoms with Gasteiger partial charge in [0.1, 0.15) is 10.6 Å². The van der Waals surface area contributed by atoms with Gasteiger partial charge in [-0.15, -0.1) is 0 Å². The van der Waals surface area contributed by atoms with Gasteiger partial charge < -0.3 is 10.5 Å². The van der Waals surface area contributed by atoms with Crippen molar-refractivity contribution in [2.75, 3.05) is 17.6 Å². The molecule has 0 aliphatic heterocycles. The predicted octanol–water partition coefficient (Wildman–Crippen LogP) is 0.801. The monoisotopic (exact) mass is 268 g/mol. The molecule has 8 heteroatoms. The van der Waals surface area contributed by atoms with E-state index in [0.717, 1.165) is 0 Å². The van der Waals surface area contributed by atoms with Crippen molar-refractivity contribution in [3.05, 3.63) is 30.6 Å². The zero-order valence-corrected chi connectivity index (χ0v) is 10.4. The molecule has 0 unspecified atom stereocenters. The molecule has 0 amide bonds. The quantitative estimate of drug-likeness (QED) is 0.710. The van der Waals surface area contributed by atoms with Gasteiger partial charge >= 0.3 is 0 Å². The van der Waals surface area contributed by atoms with Crippen LogP contribution in [-0.4, -0.2) is 25.7 Å². The molecule has 2 aromatic rings. The highest BCUT2D eigenvalue weighted by Gasteiger charge is 2.17. The van der Waals surface area contributed by atoms with Crippen molar-refractivity contribution in [2.45, 2.75) is 4.90 Å². The number of sulfonamides is 1. The number of nitrogens with one attached hydrogen (secondary N) is 2. The molecule has 4 N–H and O–H groups in total. The lowest BCUT2D eigenvalue weighted by Crippen LogP contribution is -2.13. The second kappa shape index (κ2) is 4.57. The molecule has 1 aromatic carbocycles. The molecule has 0 fully saturated rings. The van der Waals surface area contributed by atoms with Gasteiger partial charge in [0, 0.05) is 11.9 Å². The summed E-state index contributed by atoms with van der Waals surface area (Å²) in [7, 11) is -2.25. The first-order chi connectivity index (χ1) is 8.53. The minimum atomic E-state index is -3.70. The Bertz CT molecular complexity index is 637. The van der Waals surface area contributed by atoms with Gasteiger partial charge in [-0.1, -0.05) is 0 Å². The maximum absolute atomic E-state index is 12.0. The third kappa shape index (κ3) is 2.38. The molecule has 96 valence electrons. The van der Waals surface area contributed by atoms with E-state index in [0.29, 0.717) is 11.4 Å². The van der Waals surface area contributed by atoms with Crippen LogP contribution in [-0.2, 0) is 10.0 Å². The number of nitrogens with two attached hydrogens (primary N) is 1. The van der Waals surface area contributed by atoms with Gasteiger partial charge in [-0.3, -0.25) is 9.82 Å². The fourth-order valence-corrected chi connectivity index (χ4v) is 2.36. The lowest BCUT2D eigenvalue weighted by atomic mass is 10.2. The molecule has 0 atom stereocenters. The van der Waals surface area contributed by atoms with Crippen LogP contribution in [0.1, 0.15) is 0 Å². The predicted molar refractivity (Wildman–Crippen MR) is 66.8 cm³/mol. The Morgan fingerprint density at radius 2 is 2.22 bits per heavy atom. The fourth-order valence-electron chi connectivity index (χ4n) is 1.40. The van der Waals surface area contributed by atoms with Gasteiger partial charge in [-0.25, -0.2) is 8.42 Å². The Labute approximate surface area is 104 Å². The van der Waals surface area contributed by atoms with Crippen molar-refractivity contribution in [3.8, 4) is 5.75 Å². The molecule has 7 nitrogen and oxygen atoms in total. The zero-order valence-electron chi connectivity index (χ0n) is 9.54. The summed E-state index contributed by atoms with van der Waals surface area (Å²) in [6.07, 6.45) is 2.49. The number of nitrogen functional groups attached to an aromatic ring is 1. The average molecular weight is 268 g/mol. The Morgan fingerprint density at radius 1 is 1.44 bits per heavy atom. The SMILES string of the molecule is COc1ccc(N)cc1NS(=O)(=O)c1cn[nH]c1. The van der Waals surface area contributed by atoms with E-state index in [1.807, 2.05) is 0 Å².